The van der Waals surface area contributed by atoms with Gasteiger partial charge >= 0.3 is 0 Å². The first-order valence-corrected chi connectivity index (χ1v) is 8.49. The van der Waals surface area contributed by atoms with Crippen LogP contribution in [0.1, 0.15) is 24.1 Å². The Kier molecular flexibility index (Phi) is 3.92. The van der Waals surface area contributed by atoms with Gasteiger partial charge in [-0.15, -0.1) is 0 Å². The number of aromatic nitrogens is 1. The van der Waals surface area contributed by atoms with Crippen LogP contribution in [0.15, 0.2) is 48.7 Å². The minimum atomic E-state index is 0.239. The van der Waals surface area contributed by atoms with Crippen LogP contribution >= 0.6 is 0 Å². The summed E-state index contributed by atoms with van der Waals surface area (Å²) in [7, 11) is 0. The van der Waals surface area contributed by atoms with Gasteiger partial charge in [0.1, 0.15) is 0 Å². The second-order valence-electron chi connectivity index (χ2n) is 6.72. The van der Waals surface area contributed by atoms with E-state index in [0.717, 1.165) is 39.0 Å². The van der Waals surface area contributed by atoms with Crippen molar-refractivity contribution < 1.29 is 4.79 Å². The van der Waals surface area contributed by atoms with E-state index < -0.39 is 0 Å². The minimum absolute atomic E-state index is 0.239. The number of nitrogens with zero attached hydrogens (tertiary/aromatic N) is 2. The Balaban J connectivity index is 1.47. The van der Waals surface area contributed by atoms with Gasteiger partial charge in [0.2, 0.25) is 5.91 Å². The summed E-state index contributed by atoms with van der Waals surface area (Å²) >= 11 is 0. The molecule has 0 radical (unpaired) electrons. The van der Waals surface area contributed by atoms with Crippen molar-refractivity contribution in [3.63, 3.8) is 0 Å². The summed E-state index contributed by atoms with van der Waals surface area (Å²) in [5, 5.41) is 3.16. The van der Waals surface area contributed by atoms with Crippen LogP contribution in [0.2, 0.25) is 0 Å². The number of amides is 1. The van der Waals surface area contributed by atoms with E-state index in [0.29, 0.717) is 6.04 Å². The average molecular weight is 309 g/mol. The highest BCUT2D eigenvalue weighted by Crippen LogP contribution is 2.29. The van der Waals surface area contributed by atoms with Crippen molar-refractivity contribution in [3.8, 4) is 0 Å². The van der Waals surface area contributed by atoms with Crippen molar-refractivity contribution in [2.75, 3.05) is 6.54 Å². The lowest BCUT2D eigenvalue weighted by atomic mass is 10.1. The van der Waals surface area contributed by atoms with Crippen molar-refractivity contribution >= 4 is 5.91 Å². The van der Waals surface area contributed by atoms with Gasteiger partial charge in [0.25, 0.3) is 0 Å². The van der Waals surface area contributed by atoms with Crippen LogP contribution in [0.5, 0.6) is 0 Å². The van der Waals surface area contributed by atoms with Crippen LogP contribution in [0.25, 0.3) is 0 Å². The molecule has 0 saturated heterocycles. The quantitative estimate of drug-likeness (QED) is 0.921. The molecule has 1 atom stereocenters. The molecule has 1 saturated carbocycles. The molecule has 0 bridgehead atoms. The van der Waals surface area contributed by atoms with Gasteiger partial charge < -0.3 is 9.88 Å². The largest absolute Gasteiger partial charge is 0.354 e. The molecule has 1 aromatic carbocycles. The van der Waals surface area contributed by atoms with E-state index in [1.807, 2.05) is 0 Å². The standard InChI is InChI=1S/C19H23N3O/c23-19(16-8-9-16)20-11-18-14-21-10-4-7-17(21)13-22(18)12-15-5-2-1-3-6-15/h1-7,10,16,18H,8-9,11-14H2,(H,20,23). The Morgan fingerprint density at radius 1 is 1.13 bits per heavy atom. The van der Waals surface area contributed by atoms with Gasteiger partial charge in [0, 0.05) is 50.0 Å². The number of hydrogen-bond acceptors (Lipinski definition) is 2. The van der Waals surface area contributed by atoms with Gasteiger partial charge in [-0.3, -0.25) is 9.69 Å². The molecule has 1 aromatic heterocycles. The number of nitrogens with one attached hydrogen (secondary N) is 1. The van der Waals surface area contributed by atoms with E-state index in [4.69, 9.17) is 0 Å². The molecule has 2 heterocycles. The van der Waals surface area contributed by atoms with Crippen molar-refractivity contribution in [1.29, 1.82) is 0 Å². The lowest BCUT2D eigenvalue weighted by Crippen LogP contribution is -2.48. The maximum absolute atomic E-state index is 12.0. The average Bonchev–Trinajstić information content (AvgIpc) is 3.33. The molecule has 0 spiro atoms. The van der Waals surface area contributed by atoms with E-state index in [-0.39, 0.29) is 11.8 Å². The first-order chi connectivity index (χ1) is 11.3. The predicted octanol–water partition coefficient (Wildman–Crippen LogP) is 2.40. The molecular formula is C19H23N3O. The highest BCUT2D eigenvalue weighted by Gasteiger charge is 2.31. The molecule has 1 fully saturated rings. The first-order valence-electron chi connectivity index (χ1n) is 8.49. The minimum Gasteiger partial charge on any atom is -0.354 e. The van der Waals surface area contributed by atoms with Gasteiger partial charge in [-0.2, -0.15) is 0 Å². The first kappa shape index (κ1) is 14.5. The Hall–Kier alpha value is -2.07. The van der Waals surface area contributed by atoms with Crippen molar-refractivity contribution in [2.45, 2.75) is 38.5 Å². The Labute approximate surface area is 137 Å². The van der Waals surface area contributed by atoms with Crippen molar-refractivity contribution in [1.82, 2.24) is 14.8 Å². The Bertz CT molecular complexity index is 675. The molecule has 1 unspecified atom stereocenters. The van der Waals surface area contributed by atoms with Gasteiger partial charge in [-0.1, -0.05) is 30.3 Å². The highest BCUT2D eigenvalue weighted by atomic mass is 16.2. The SMILES string of the molecule is O=C(NCC1Cn2cccc2CN1Cc1ccccc1)C1CC1. The number of benzene rings is 1. The Morgan fingerprint density at radius 3 is 2.74 bits per heavy atom. The molecule has 120 valence electrons. The van der Waals surface area contributed by atoms with E-state index in [1.54, 1.807) is 0 Å². The number of carbonyl (C=O) groups excluding carboxylic acids is 1. The number of hydrogen-bond donors (Lipinski definition) is 1. The molecule has 4 rings (SSSR count). The van der Waals surface area contributed by atoms with Crippen LogP contribution in [0, 0.1) is 5.92 Å². The van der Waals surface area contributed by atoms with Crippen LogP contribution in [0.3, 0.4) is 0 Å². The number of rotatable bonds is 5. The molecule has 1 aliphatic heterocycles. The van der Waals surface area contributed by atoms with E-state index in [2.05, 4.69) is 63.4 Å². The summed E-state index contributed by atoms with van der Waals surface area (Å²) in [6.07, 6.45) is 4.27. The molecule has 1 amide bonds. The predicted molar refractivity (Wildman–Crippen MR) is 89.6 cm³/mol. The summed E-state index contributed by atoms with van der Waals surface area (Å²) in [4.78, 5) is 14.5. The van der Waals surface area contributed by atoms with Gasteiger partial charge in [0.15, 0.2) is 0 Å². The third kappa shape index (κ3) is 3.32. The van der Waals surface area contributed by atoms with Gasteiger partial charge in [-0.05, 0) is 30.5 Å². The van der Waals surface area contributed by atoms with Crippen LogP contribution in [0.4, 0.5) is 0 Å². The fourth-order valence-electron chi connectivity index (χ4n) is 3.36. The molecule has 4 nitrogen and oxygen atoms in total. The maximum Gasteiger partial charge on any atom is 0.223 e. The second kappa shape index (κ2) is 6.20. The highest BCUT2D eigenvalue weighted by molar-refractivity contribution is 5.80. The van der Waals surface area contributed by atoms with Crippen molar-refractivity contribution in [2.24, 2.45) is 5.92 Å². The summed E-state index contributed by atoms with van der Waals surface area (Å²) in [5.41, 5.74) is 2.68. The zero-order chi connectivity index (χ0) is 15.6. The number of fused-ring (bicyclic) bond motifs is 1. The van der Waals surface area contributed by atoms with Crippen LogP contribution < -0.4 is 5.32 Å². The molecule has 23 heavy (non-hydrogen) atoms. The molecule has 1 aliphatic carbocycles. The summed E-state index contributed by atoms with van der Waals surface area (Å²) < 4.78 is 2.31. The van der Waals surface area contributed by atoms with Crippen LogP contribution in [-0.4, -0.2) is 28.0 Å². The van der Waals surface area contributed by atoms with Crippen molar-refractivity contribution in [3.05, 3.63) is 59.9 Å². The lowest BCUT2D eigenvalue weighted by Gasteiger charge is -2.37. The molecular weight excluding hydrogens is 286 g/mol. The third-order valence-corrected chi connectivity index (χ3v) is 4.90. The summed E-state index contributed by atoms with van der Waals surface area (Å²) in [6.45, 7) is 3.54. The third-order valence-electron chi connectivity index (χ3n) is 4.90. The Morgan fingerprint density at radius 2 is 1.96 bits per heavy atom. The smallest absolute Gasteiger partial charge is 0.223 e. The molecule has 1 N–H and O–H groups in total. The normalized spacial score (nSPS) is 21.0. The van der Waals surface area contributed by atoms with Crippen LogP contribution in [-0.2, 0) is 24.4 Å². The maximum atomic E-state index is 12.0. The lowest BCUT2D eigenvalue weighted by molar-refractivity contribution is -0.122. The second-order valence-corrected chi connectivity index (χ2v) is 6.72. The van der Waals surface area contributed by atoms with E-state index in [9.17, 15) is 4.79 Å². The van der Waals surface area contributed by atoms with E-state index >= 15 is 0 Å². The fraction of sp³-hybridized carbons (Fsp3) is 0.421. The zero-order valence-corrected chi connectivity index (χ0v) is 13.3. The zero-order valence-electron chi connectivity index (χ0n) is 13.3. The molecule has 2 aliphatic rings. The topological polar surface area (TPSA) is 37.3 Å². The summed E-state index contributed by atoms with van der Waals surface area (Å²) in [6, 6.07) is 15.2. The number of carbonyl (C=O) groups is 1. The summed E-state index contributed by atoms with van der Waals surface area (Å²) in [5.74, 6) is 0.520. The van der Waals surface area contributed by atoms with E-state index in [1.165, 1.54) is 11.3 Å². The molecule has 4 heteroatoms. The van der Waals surface area contributed by atoms with Gasteiger partial charge in [0.05, 0.1) is 0 Å². The molecule has 2 aromatic rings. The monoisotopic (exact) mass is 309 g/mol. The fourth-order valence-corrected chi connectivity index (χ4v) is 3.36. The van der Waals surface area contributed by atoms with Gasteiger partial charge in [-0.25, -0.2) is 0 Å².